The predicted molar refractivity (Wildman–Crippen MR) is 118 cm³/mol. The molecule has 0 aromatic heterocycles. The number of benzene rings is 3. The molecule has 0 heterocycles. The van der Waals surface area contributed by atoms with Gasteiger partial charge in [0, 0.05) is 11.4 Å². The van der Waals surface area contributed by atoms with Crippen LogP contribution in [0.15, 0.2) is 77.7 Å². The van der Waals surface area contributed by atoms with Crippen molar-refractivity contribution in [1.29, 1.82) is 0 Å². The van der Waals surface area contributed by atoms with Gasteiger partial charge in [-0.2, -0.15) is 0 Å². The Morgan fingerprint density at radius 1 is 0.933 bits per heavy atom. The van der Waals surface area contributed by atoms with Crippen molar-refractivity contribution in [1.82, 2.24) is 0 Å². The number of amides is 1. The summed E-state index contributed by atoms with van der Waals surface area (Å²) in [7, 11) is -3.72. The first-order chi connectivity index (χ1) is 14.4. The highest BCUT2D eigenvalue weighted by molar-refractivity contribution is 7.92. The van der Waals surface area contributed by atoms with Gasteiger partial charge in [0.2, 0.25) is 0 Å². The SMILES string of the molecule is CCc1ccc(NC(=O)COc2ccc(S(=O)(=O)Nc3ccccc3)cc2C)cc1. The number of hydrogen-bond donors (Lipinski definition) is 2. The summed E-state index contributed by atoms with van der Waals surface area (Å²) in [5.41, 5.74) is 2.99. The minimum absolute atomic E-state index is 0.122. The molecule has 3 rings (SSSR count). The van der Waals surface area contributed by atoms with Gasteiger partial charge in [0.1, 0.15) is 5.75 Å². The Morgan fingerprint density at radius 3 is 2.27 bits per heavy atom. The minimum atomic E-state index is -3.72. The van der Waals surface area contributed by atoms with Crippen LogP contribution >= 0.6 is 0 Å². The average molecular weight is 425 g/mol. The molecule has 0 radical (unpaired) electrons. The van der Waals surface area contributed by atoms with E-state index < -0.39 is 10.0 Å². The van der Waals surface area contributed by atoms with Crippen molar-refractivity contribution in [3.05, 3.63) is 83.9 Å². The summed E-state index contributed by atoms with van der Waals surface area (Å²) in [6.45, 7) is 3.63. The molecule has 3 aromatic rings. The molecule has 0 atom stereocenters. The average Bonchev–Trinajstić information content (AvgIpc) is 2.74. The maximum atomic E-state index is 12.6. The van der Waals surface area contributed by atoms with Gasteiger partial charge in [0.15, 0.2) is 6.61 Å². The van der Waals surface area contributed by atoms with Gasteiger partial charge in [0.05, 0.1) is 4.90 Å². The second-order valence-electron chi connectivity index (χ2n) is 6.79. The first-order valence-electron chi connectivity index (χ1n) is 9.57. The van der Waals surface area contributed by atoms with Crippen molar-refractivity contribution < 1.29 is 17.9 Å². The second kappa shape index (κ2) is 9.45. The van der Waals surface area contributed by atoms with Crippen LogP contribution < -0.4 is 14.8 Å². The lowest BCUT2D eigenvalue weighted by Gasteiger charge is -2.12. The molecule has 0 unspecified atom stereocenters. The van der Waals surface area contributed by atoms with Gasteiger partial charge in [-0.05, 0) is 66.9 Å². The number of rotatable bonds is 8. The van der Waals surface area contributed by atoms with Crippen LogP contribution in [0.5, 0.6) is 5.75 Å². The third-order valence-corrected chi connectivity index (χ3v) is 5.87. The molecule has 156 valence electrons. The second-order valence-corrected chi connectivity index (χ2v) is 8.47. The lowest BCUT2D eigenvalue weighted by molar-refractivity contribution is -0.118. The number of carbonyl (C=O) groups is 1. The van der Waals surface area contributed by atoms with E-state index >= 15 is 0 Å². The molecule has 0 aliphatic heterocycles. The van der Waals surface area contributed by atoms with E-state index in [2.05, 4.69) is 17.0 Å². The molecular formula is C23H24N2O4S. The Hall–Kier alpha value is -3.32. The van der Waals surface area contributed by atoms with E-state index in [0.717, 1.165) is 6.42 Å². The standard InChI is InChI=1S/C23H24N2O4S/c1-3-18-9-11-19(12-10-18)24-23(26)16-29-22-14-13-21(15-17(22)2)30(27,28)25-20-7-5-4-6-8-20/h4-15,25H,3,16H2,1-2H3,(H,24,26). The molecule has 0 spiro atoms. The first kappa shape index (κ1) is 21.4. The number of sulfonamides is 1. The van der Waals surface area contributed by atoms with Crippen LogP contribution in [0.1, 0.15) is 18.1 Å². The lowest BCUT2D eigenvalue weighted by Crippen LogP contribution is -2.20. The molecule has 2 N–H and O–H groups in total. The van der Waals surface area contributed by atoms with Gasteiger partial charge in [-0.15, -0.1) is 0 Å². The molecule has 3 aromatic carbocycles. The highest BCUT2D eigenvalue weighted by atomic mass is 32.2. The van der Waals surface area contributed by atoms with E-state index in [0.29, 0.717) is 22.7 Å². The van der Waals surface area contributed by atoms with Crippen LogP contribution in [0, 0.1) is 6.92 Å². The molecule has 0 aliphatic carbocycles. The minimum Gasteiger partial charge on any atom is -0.483 e. The molecule has 0 fully saturated rings. The zero-order chi connectivity index (χ0) is 21.6. The summed E-state index contributed by atoms with van der Waals surface area (Å²) in [5.74, 6) is 0.159. The lowest BCUT2D eigenvalue weighted by atomic mass is 10.1. The van der Waals surface area contributed by atoms with E-state index in [4.69, 9.17) is 4.74 Å². The number of ether oxygens (including phenoxy) is 1. The Labute approximate surface area is 177 Å². The summed E-state index contributed by atoms with van der Waals surface area (Å²) >= 11 is 0. The summed E-state index contributed by atoms with van der Waals surface area (Å²) in [6.07, 6.45) is 0.934. The van der Waals surface area contributed by atoms with Gasteiger partial charge >= 0.3 is 0 Å². The van der Waals surface area contributed by atoms with Crippen LogP contribution in [-0.4, -0.2) is 20.9 Å². The smallest absolute Gasteiger partial charge is 0.262 e. The van der Waals surface area contributed by atoms with Crippen LogP contribution in [0.3, 0.4) is 0 Å². The Bertz CT molecular complexity index is 1110. The monoisotopic (exact) mass is 424 g/mol. The van der Waals surface area contributed by atoms with Gasteiger partial charge in [0.25, 0.3) is 15.9 Å². The topological polar surface area (TPSA) is 84.5 Å². The molecular weight excluding hydrogens is 400 g/mol. The van der Waals surface area contributed by atoms with Gasteiger partial charge in [-0.1, -0.05) is 37.3 Å². The van der Waals surface area contributed by atoms with E-state index in [9.17, 15) is 13.2 Å². The normalized spacial score (nSPS) is 11.0. The number of nitrogens with one attached hydrogen (secondary N) is 2. The summed E-state index contributed by atoms with van der Waals surface area (Å²) < 4.78 is 33.2. The molecule has 0 saturated heterocycles. The molecule has 0 bridgehead atoms. The highest BCUT2D eigenvalue weighted by Gasteiger charge is 2.16. The summed E-state index contributed by atoms with van der Waals surface area (Å²) in [6, 6.07) is 20.8. The number of para-hydroxylation sites is 1. The van der Waals surface area contributed by atoms with Gasteiger partial charge < -0.3 is 10.1 Å². The predicted octanol–water partition coefficient (Wildman–Crippen LogP) is 4.38. The van der Waals surface area contributed by atoms with Crippen molar-refractivity contribution in [3.8, 4) is 5.75 Å². The first-order valence-corrected chi connectivity index (χ1v) is 11.1. The molecule has 30 heavy (non-hydrogen) atoms. The van der Waals surface area contributed by atoms with Crippen LogP contribution in [0.2, 0.25) is 0 Å². The van der Waals surface area contributed by atoms with Crippen LogP contribution in [0.25, 0.3) is 0 Å². The Morgan fingerprint density at radius 2 is 1.63 bits per heavy atom. The largest absolute Gasteiger partial charge is 0.483 e. The molecule has 0 aliphatic rings. The van der Waals surface area contributed by atoms with Crippen molar-refractivity contribution in [2.75, 3.05) is 16.6 Å². The molecule has 1 amide bonds. The third-order valence-electron chi connectivity index (χ3n) is 4.49. The fraction of sp³-hybridized carbons (Fsp3) is 0.174. The summed E-state index contributed by atoms with van der Waals surface area (Å²) in [4.78, 5) is 12.3. The fourth-order valence-corrected chi connectivity index (χ4v) is 3.98. The van der Waals surface area contributed by atoms with E-state index in [1.54, 1.807) is 37.3 Å². The maximum absolute atomic E-state index is 12.6. The van der Waals surface area contributed by atoms with Crippen molar-refractivity contribution >= 4 is 27.3 Å². The van der Waals surface area contributed by atoms with Gasteiger partial charge in [-0.3, -0.25) is 9.52 Å². The number of anilines is 2. The van der Waals surface area contributed by atoms with E-state index in [1.807, 2.05) is 30.3 Å². The van der Waals surface area contributed by atoms with Crippen LogP contribution in [0.4, 0.5) is 11.4 Å². The Balaban J connectivity index is 1.61. The third kappa shape index (κ3) is 5.61. The highest BCUT2D eigenvalue weighted by Crippen LogP contribution is 2.23. The Kier molecular flexibility index (Phi) is 6.74. The fourth-order valence-electron chi connectivity index (χ4n) is 2.84. The zero-order valence-electron chi connectivity index (χ0n) is 16.9. The zero-order valence-corrected chi connectivity index (χ0v) is 17.7. The number of aryl methyl sites for hydroxylation is 2. The van der Waals surface area contributed by atoms with E-state index in [1.165, 1.54) is 17.7 Å². The van der Waals surface area contributed by atoms with Crippen LogP contribution in [-0.2, 0) is 21.2 Å². The van der Waals surface area contributed by atoms with Crippen molar-refractivity contribution in [2.24, 2.45) is 0 Å². The van der Waals surface area contributed by atoms with Gasteiger partial charge in [-0.25, -0.2) is 8.42 Å². The van der Waals surface area contributed by atoms with Crippen molar-refractivity contribution in [2.45, 2.75) is 25.2 Å². The van der Waals surface area contributed by atoms with Crippen molar-refractivity contribution in [3.63, 3.8) is 0 Å². The number of carbonyl (C=O) groups excluding carboxylic acids is 1. The summed E-state index contributed by atoms with van der Waals surface area (Å²) in [5, 5.41) is 2.78. The molecule has 7 heteroatoms. The maximum Gasteiger partial charge on any atom is 0.262 e. The quantitative estimate of drug-likeness (QED) is 0.562. The number of hydrogen-bond acceptors (Lipinski definition) is 4. The van der Waals surface area contributed by atoms with E-state index in [-0.39, 0.29) is 17.4 Å². The molecule has 6 nitrogen and oxygen atoms in total. The molecule has 0 saturated carbocycles.